The Morgan fingerprint density at radius 3 is 2.17 bits per heavy atom. The summed E-state index contributed by atoms with van der Waals surface area (Å²) in [7, 11) is 0.315. The van der Waals surface area contributed by atoms with Gasteiger partial charge in [-0.25, -0.2) is 0 Å². The molecule has 3 aromatic rings. The van der Waals surface area contributed by atoms with Crippen LogP contribution in [0.4, 0.5) is 23.0 Å². The van der Waals surface area contributed by atoms with Crippen molar-refractivity contribution in [2.45, 2.75) is 26.7 Å². The van der Waals surface area contributed by atoms with Gasteiger partial charge in [-0.2, -0.15) is 4.57 Å². The summed E-state index contributed by atoms with van der Waals surface area (Å²) in [6, 6.07) is 17.4. The van der Waals surface area contributed by atoms with Crippen molar-refractivity contribution >= 4 is 46.6 Å². The van der Waals surface area contributed by atoms with E-state index in [0.29, 0.717) is 0 Å². The van der Waals surface area contributed by atoms with Crippen molar-refractivity contribution in [3.63, 3.8) is 0 Å². The van der Waals surface area contributed by atoms with Gasteiger partial charge in [-0.1, -0.05) is 67.7 Å². The van der Waals surface area contributed by atoms with E-state index in [4.69, 9.17) is 0 Å². The number of halogens is 4. The standard InChI is InChI=1S/C27H31N2S.BF4/c1-27(2)18-21(11-10-20-12-14-23(15-13-20)28(3)4)16-22(19-27)17-26-29(5)24-8-6-7-9-25(24)30-26;2-1(3,4)5/h6-17H,18-19H2,1-5H3;/q+1;-1. The average Bonchev–Trinajstić information content (AvgIpc) is 3.06. The molecular weight excluding hydrogens is 471 g/mol. The smallest absolute Gasteiger partial charge is 0.418 e. The largest absolute Gasteiger partial charge is 0.673 e. The van der Waals surface area contributed by atoms with Crippen molar-refractivity contribution in [1.82, 2.24) is 0 Å². The molecule has 186 valence electrons. The van der Waals surface area contributed by atoms with E-state index >= 15 is 0 Å². The zero-order valence-electron chi connectivity index (χ0n) is 20.7. The summed E-state index contributed by atoms with van der Waals surface area (Å²) in [5, 5.41) is 1.31. The molecule has 2 nitrogen and oxygen atoms in total. The van der Waals surface area contributed by atoms with Crippen LogP contribution in [-0.2, 0) is 7.05 Å². The maximum Gasteiger partial charge on any atom is 0.673 e. The van der Waals surface area contributed by atoms with Crippen LogP contribution in [0.3, 0.4) is 0 Å². The molecule has 0 unspecified atom stereocenters. The van der Waals surface area contributed by atoms with Gasteiger partial charge in [-0.05, 0) is 53.2 Å². The molecule has 0 fully saturated rings. The van der Waals surface area contributed by atoms with Gasteiger partial charge in [0.25, 0.3) is 5.01 Å². The number of thiazole rings is 1. The van der Waals surface area contributed by atoms with Crippen LogP contribution in [0.2, 0.25) is 0 Å². The molecule has 0 N–H and O–H groups in total. The van der Waals surface area contributed by atoms with Crippen molar-refractivity contribution in [2.75, 3.05) is 19.0 Å². The number of allylic oxidation sites excluding steroid dienone is 4. The molecule has 35 heavy (non-hydrogen) atoms. The van der Waals surface area contributed by atoms with E-state index in [9.17, 15) is 17.3 Å². The first-order valence-electron chi connectivity index (χ1n) is 11.4. The van der Waals surface area contributed by atoms with Crippen molar-refractivity contribution in [1.29, 1.82) is 0 Å². The van der Waals surface area contributed by atoms with Crippen molar-refractivity contribution in [2.24, 2.45) is 12.5 Å². The summed E-state index contributed by atoms with van der Waals surface area (Å²) >= 11 is 1.87. The third kappa shape index (κ3) is 8.10. The Kier molecular flexibility index (Phi) is 8.26. The number of rotatable bonds is 4. The Morgan fingerprint density at radius 1 is 0.943 bits per heavy atom. The predicted molar refractivity (Wildman–Crippen MR) is 142 cm³/mol. The molecule has 1 heterocycles. The molecular formula is C27H31BF4N2S. The Hall–Kier alpha value is -2.87. The summed E-state index contributed by atoms with van der Waals surface area (Å²) in [5.41, 5.74) is 6.85. The minimum absolute atomic E-state index is 0.268. The molecule has 1 aliphatic rings. The fourth-order valence-electron chi connectivity index (χ4n) is 4.20. The van der Waals surface area contributed by atoms with Crippen LogP contribution in [0.15, 0.2) is 71.8 Å². The summed E-state index contributed by atoms with van der Waals surface area (Å²) in [5.74, 6) is 0. The van der Waals surface area contributed by atoms with Gasteiger partial charge in [-0.15, -0.1) is 0 Å². The number of hydrogen-bond donors (Lipinski definition) is 0. The topological polar surface area (TPSA) is 7.12 Å². The maximum atomic E-state index is 9.75. The Bertz CT molecular complexity index is 1250. The normalized spacial score (nSPS) is 16.8. The number of para-hydroxylation sites is 1. The quantitative estimate of drug-likeness (QED) is 0.200. The van der Waals surface area contributed by atoms with Crippen LogP contribution in [0.1, 0.15) is 37.3 Å². The molecule has 0 aliphatic heterocycles. The highest BCUT2D eigenvalue weighted by molar-refractivity contribution is 7.18. The molecule has 0 spiro atoms. The van der Waals surface area contributed by atoms with Gasteiger partial charge < -0.3 is 22.2 Å². The second kappa shape index (κ2) is 10.8. The van der Waals surface area contributed by atoms with E-state index in [2.05, 4.69) is 117 Å². The van der Waals surface area contributed by atoms with E-state index in [1.165, 1.54) is 37.6 Å². The van der Waals surface area contributed by atoms with Gasteiger partial charge in [0, 0.05) is 31.9 Å². The molecule has 0 amide bonds. The van der Waals surface area contributed by atoms with Crippen LogP contribution in [0.25, 0.3) is 22.4 Å². The highest BCUT2D eigenvalue weighted by Crippen LogP contribution is 2.39. The van der Waals surface area contributed by atoms with E-state index in [-0.39, 0.29) is 5.41 Å². The van der Waals surface area contributed by atoms with E-state index in [1.54, 1.807) is 0 Å². The van der Waals surface area contributed by atoms with Gasteiger partial charge >= 0.3 is 7.25 Å². The first-order valence-corrected chi connectivity index (χ1v) is 12.2. The summed E-state index contributed by atoms with van der Waals surface area (Å²) in [6.07, 6.45) is 11.5. The molecule has 0 saturated heterocycles. The van der Waals surface area contributed by atoms with E-state index < -0.39 is 7.25 Å². The summed E-state index contributed by atoms with van der Waals surface area (Å²) in [6.45, 7) is 4.75. The van der Waals surface area contributed by atoms with E-state index in [1.807, 2.05) is 11.3 Å². The fourth-order valence-corrected chi connectivity index (χ4v) is 5.33. The molecule has 0 saturated carbocycles. The SMILES string of the molecule is CN(C)c1ccc(C=CC2=CC(=Cc3sc4ccccc4[n+]3C)CC(C)(C)C2)cc1.F[B-](F)(F)F. The van der Waals surface area contributed by atoms with Gasteiger partial charge in [0.2, 0.25) is 5.52 Å². The van der Waals surface area contributed by atoms with Crippen LogP contribution in [-0.4, -0.2) is 21.3 Å². The average molecular weight is 502 g/mol. The van der Waals surface area contributed by atoms with Gasteiger partial charge in [0.15, 0.2) is 0 Å². The lowest BCUT2D eigenvalue weighted by atomic mass is 9.75. The second-order valence-corrected chi connectivity index (χ2v) is 10.8. The highest BCUT2D eigenvalue weighted by Gasteiger charge is 2.26. The lowest BCUT2D eigenvalue weighted by Gasteiger charge is -2.30. The van der Waals surface area contributed by atoms with Crippen molar-refractivity contribution in [3.05, 3.63) is 82.4 Å². The second-order valence-electron chi connectivity index (χ2n) is 9.74. The summed E-state index contributed by atoms with van der Waals surface area (Å²) in [4.78, 5) is 2.13. The fraction of sp³-hybridized carbons (Fsp3) is 0.296. The van der Waals surface area contributed by atoms with Crippen LogP contribution >= 0.6 is 11.3 Å². The lowest BCUT2D eigenvalue weighted by molar-refractivity contribution is -0.642. The lowest BCUT2D eigenvalue weighted by Crippen LogP contribution is -2.29. The number of aromatic nitrogens is 1. The van der Waals surface area contributed by atoms with Crippen molar-refractivity contribution < 1.29 is 21.8 Å². The first kappa shape index (κ1) is 26.7. The highest BCUT2D eigenvalue weighted by atomic mass is 32.1. The zero-order valence-corrected chi connectivity index (χ0v) is 21.6. The number of nitrogens with zero attached hydrogens (tertiary/aromatic N) is 2. The number of anilines is 1. The van der Waals surface area contributed by atoms with Crippen LogP contribution < -0.4 is 9.47 Å². The first-order chi connectivity index (χ1) is 16.3. The number of fused-ring (bicyclic) bond motifs is 1. The molecule has 1 aliphatic carbocycles. The molecule has 0 atom stereocenters. The number of aryl methyl sites for hydroxylation is 1. The zero-order chi connectivity index (χ0) is 25.8. The predicted octanol–water partition coefficient (Wildman–Crippen LogP) is 7.94. The number of benzene rings is 2. The molecule has 0 bridgehead atoms. The molecule has 8 heteroatoms. The van der Waals surface area contributed by atoms with Crippen molar-refractivity contribution in [3.8, 4) is 0 Å². The van der Waals surface area contributed by atoms with Crippen LogP contribution in [0, 0.1) is 5.41 Å². The molecule has 1 aromatic heterocycles. The van der Waals surface area contributed by atoms with Gasteiger partial charge in [0.05, 0.1) is 0 Å². The van der Waals surface area contributed by atoms with Gasteiger partial charge in [-0.3, -0.25) is 0 Å². The third-order valence-electron chi connectivity index (χ3n) is 5.72. The maximum absolute atomic E-state index is 9.75. The summed E-state index contributed by atoms with van der Waals surface area (Å²) < 4.78 is 42.6. The Balaban J connectivity index is 0.000000623. The molecule has 0 radical (unpaired) electrons. The molecule has 4 rings (SSSR count). The number of hydrogen-bond acceptors (Lipinski definition) is 2. The van der Waals surface area contributed by atoms with Gasteiger partial charge in [0.1, 0.15) is 11.7 Å². The van der Waals surface area contributed by atoms with Crippen LogP contribution in [0.5, 0.6) is 0 Å². The Labute approximate surface area is 209 Å². The minimum atomic E-state index is -6.00. The Morgan fingerprint density at radius 2 is 1.57 bits per heavy atom. The van der Waals surface area contributed by atoms with E-state index in [0.717, 1.165) is 12.8 Å². The minimum Gasteiger partial charge on any atom is -0.418 e. The monoisotopic (exact) mass is 502 g/mol. The molecule has 2 aromatic carbocycles. The third-order valence-corrected chi connectivity index (χ3v) is 6.88.